The molecule has 1 atom stereocenters. The Morgan fingerprint density at radius 2 is 1.54 bits per heavy atom. The molecular weight excluding hydrogens is 432 g/mol. The highest BCUT2D eigenvalue weighted by Crippen LogP contribution is 2.59. The van der Waals surface area contributed by atoms with Crippen molar-refractivity contribution in [2.45, 2.75) is 44.1 Å². The lowest BCUT2D eigenvalue weighted by molar-refractivity contribution is -0.137. The number of likely N-dealkylation sites (N-methyl/N-ethyl adjacent to an activating group) is 1. The highest BCUT2D eigenvalue weighted by molar-refractivity contribution is 6.08. The molecule has 1 heterocycles. The first-order valence-corrected chi connectivity index (χ1v) is 12.3. The number of fused-ring (bicyclic) bond motifs is 4. The summed E-state index contributed by atoms with van der Waals surface area (Å²) in [7, 11) is 1.74. The van der Waals surface area contributed by atoms with Gasteiger partial charge >= 0.3 is 0 Å². The van der Waals surface area contributed by atoms with Gasteiger partial charge in [-0.3, -0.25) is 9.69 Å². The number of nitrogens with two attached hydrogens (primary N) is 1. The van der Waals surface area contributed by atoms with Crippen LogP contribution in [0.1, 0.15) is 47.1 Å². The predicted molar refractivity (Wildman–Crippen MR) is 137 cm³/mol. The predicted octanol–water partition coefficient (Wildman–Crippen LogP) is 4.72. The summed E-state index contributed by atoms with van der Waals surface area (Å²) in [6.07, 6.45) is 5.49. The van der Waals surface area contributed by atoms with Crippen LogP contribution < -0.4 is 5.73 Å². The van der Waals surface area contributed by atoms with E-state index in [1.807, 2.05) is 24.3 Å². The van der Waals surface area contributed by atoms with Crippen LogP contribution in [0.3, 0.4) is 0 Å². The van der Waals surface area contributed by atoms with E-state index < -0.39 is 5.54 Å². The minimum Gasteiger partial charge on any atom is -0.369 e. The maximum absolute atomic E-state index is 14.2. The highest BCUT2D eigenvalue weighted by Gasteiger charge is 2.63. The van der Waals surface area contributed by atoms with Crippen molar-refractivity contribution in [2.75, 3.05) is 7.05 Å². The van der Waals surface area contributed by atoms with E-state index in [0.717, 1.165) is 60.8 Å². The fourth-order valence-corrected chi connectivity index (χ4v) is 6.61. The first kappa shape index (κ1) is 21.6. The van der Waals surface area contributed by atoms with Gasteiger partial charge in [-0.25, -0.2) is 4.99 Å². The Bertz CT molecular complexity index is 1410. The molecule has 174 valence electrons. The number of aryl methyl sites for hydroxylation is 3. The summed E-state index contributed by atoms with van der Waals surface area (Å²) < 4.78 is 0. The Balaban J connectivity index is 1.54. The first-order chi connectivity index (χ1) is 17.0. The van der Waals surface area contributed by atoms with Gasteiger partial charge in [0.1, 0.15) is 0 Å². The normalized spacial score (nSPS) is 22.3. The molecule has 6 rings (SSSR count). The zero-order chi connectivity index (χ0) is 24.2. The lowest BCUT2D eigenvalue weighted by Crippen LogP contribution is -2.54. The quantitative estimate of drug-likeness (QED) is 0.570. The maximum atomic E-state index is 14.2. The third-order valence-electron chi connectivity index (χ3n) is 8.57. The Labute approximate surface area is 205 Å². The molecule has 0 bridgehead atoms. The van der Waals surface area contributed by atoms with Gasteiger partial charge in [-0.05, 0) is 90.1 Å². The number of guanidine groups is 1. The molecule has 1 unspecified atom stereocenters. The molecule has 2 aliphatic carbocycles. The molecule has 5 nitrogen and oxygen atoms in total. The number of aliphatic imine (C=N–C) groups is 1. The number of nitrogens with zero attached hydrogens (tertiary/aromatic N) is 3. The maximum Gasteiger partial charge on any atom is 0.262 e. The molecule has 0 radical (unpaired) electrons. The van der Waals surface area contributed by atoms with Crippen molar-refractivity contribution in [3.8, 4) is 17.2 Å². The summed E-state index contributed by atoms with van der Waals surface area (Å²) in [6, 6.07) is 24.9. The molecule has 3 aromatic carbocycles. The number of benzene rings is 3. The largest absolute Gasteiger partial charge is 0.369 e. The van der Waals surface area contributed by atoms with Crippen LogP contribution in [0.5, 0.6) is 0 Å². The van der Waals surface area contributed by atoms with Crippen molar-refractivity contribution < 1.29 is 4.79 Å². The molecule has 3 aliphatic rings. The molecule has 0 saturated carbocycles. The van der Waals surface area contributed by atoms with Crippen LogP contribution in [0, 0.1) is 16.7 Å². The molecule has 0 fully saturated rings. The number of carbonyl (C=O) groups excluding carboxylic acids is 1. The van der Waals surface area contributed by atoms with Gasteiger partial charge in [-0.15, -0.1) is 0 Å². The molecule has 0 aromatic heterocycles. The van der Waals surface area contributed by atoms with Crippen LogP contribution in [0.4, 0.5) is 0 Å². The third-order valence-corrected chi connectivity index (χ3v) is 8.57. The van der Waals surface area contributed by atoms with E-state index >= 15 is 0 Å². The minimum atomic E-state index is -1.02. The second-order valence-electron chi connectivity index (χ2n) is 10.2. The van der Waals surface area contributed by atoms with Gasteiger partial charge in [0.25, 0.3) is 5.91 Å². The Kier molecular flexibility index (Phi) is 4.82. The molecule has 35 heavy (non-hydrogen) atoms. The molecule has 1 amide bonds. The number of rotatable bonds is 1. The second kappa shape index (κ2) is 7.81. The molecule has 5 heteroatoms. The van der Waals surface area contributed by atoms with E-state index in [0.29, 0.717) is 11.5 Å². The molecule has 0 saturated heterocycles. The second-order valence-corrected chi connectivity index (χ2v) is 10.2. The number of carbonyl (C=O) groups is 1. The van der Waals surface area contributed by atoms with E-state index in [4.69, 9.17) is 10.7 Å². The van der Waals surface area contributed by atoms with E-state index in [1.165, 1.54) is 16.0 Å². The fraction of sp³-hybridized carbons (Fsp3) is 0.300. The van der Waals surface area contributed by atoms with Crippen LogP contribution in [0.2, 0.25) is 0 Å². The zero-order valence-electron chi connectivity index (χ0n) is 19.9. The van der Waals surface area contributed by atoms with Gasteiger partial charge in [-0.1, -0.05) is 48.5 Å². The molecule has 1 aliphatic heterocycles. The summed E-state index contributed by atoms with van der Waals surface area (Å²) in [5.74, 6) is 0.269. The van der Waals surface area contributed by atoms with Gasteiger partial charge in [-0.2, -0.15) is 5.26 Å². The van der Waals surface area contributed by atoms with Crippen LogP contribution in [-0.4, -0.2) is 23.8 Å². The third kappa shape index (κ3) is 3.06. The Hall–Kier alpha value is -3.91. The Morgan fingerprint density at radius 1 is 0.886 bits per heavy atom. The first-order valence-electron chi connectivity index (χ1n) is 12.3. The van der Waals surface area contributed by atoms with Crippen LogP contribution >= 0.6 is 0 Å². The van der Waals surface area contributed by atoms with Crippen molar-refractivity contribution in [3.05, 3.63) is 94.5 Å². The number of nitriles is 1. The van der Waals surface area contributed by atoms with E-state index in [1.54, 1.807) is 7.05 Å². The zero-order valence-corrected chi connectivity index (χ0v) is 19.9. The summed E-state index contributed by atoms with van der Waals surface area (Å²) in [6.45, 7) is 0. The van der Waals surface area contributed by atoms with Gasteiger partial charge in [0.15, 0.2) is 11.5 Å². The number of amides is 1. The van der Waals surface area contributed by atoms with Crippen LogP contribution in [-0.2, 0) is 29.6 Å². The molecular formula is C30H28N4O. The highest BCUT2D eigenvalue weighted by atomic mass is 16.2. The monoisotopic (exact) mass is 460 g/mol. The van der Waals surface area contributed by atoms with Crippen LogP contribution in [0.25, 0.3) is 11.1 Å². The van der Waals surface area contributed by atoms with Crippen molar-refractivity contribution >= 4 is 11.9 Å². The minimum absolute atomic E-state index is 0.0233. The Morgan fingerprint density at radius 3 is 2.17 bits per heavy atom. The summed E-state index contributed by atoms with van der Waals surface area (Å²) in [5, 5.41) is 9.40. The van der Waals surface area contributed by atoms with Crippen molar-refractivity contribution in [2.24, 2.45) is 16.1 Å². The smallest absolute Gasteiger partial charge is 0.262 e. The molecule has 2 spiro atoms. The van der Waals surface area contributed by atoms with E-state index in [-0.39, 0.29) is 11.3 Å². The average Bonchev–Trinajstić information content (AvgIpc) is 3.03. The standard InChI is InChI=1S/C30H28N4O/c1-34-27(35)30(33-28(34)32)26-18-25(24-8-4-5-20(17-24)19-31)10-9-23(26)13-16-29(30)14-11-21-6-2-3-7-22(21)12-15-29/h2-10,17-18H,11-16H2,1H3,(H2,32,33). The lowest BCUT2D eigenvalue weighted by atomic mass is 9.55. The van der Waals surface area contributed by atoms with Crippen molar-refractivity contribution in [3.63, 3.8) is 0 Å². The van der Waals surface area contributed by atoms with Crippen molar-refractivity contribution in [1.82, 2.24) is 4.90 Å². The van der Waals surface area contributed by atoms with Crippen LogP contribution in [0.15, 0.2) is 71.7 Å². The topological polar surface area (TPSA) is 82.5 Å². The van der Waals surface area contributed by atoms with Gasteiger partial charge in [0, 0.05) is 12.5 Å². The lowest BCUT2D eigenvalue weighted by Gasteiger charge is -2.49. The molecule has 3 aromatic rings. The van der Waals surface area contributed by atoms with Crippen molar-refractivity contribution in [1.29, 1.82) is 5.26 Å². The van der Waals surface area contributed by atoms with Gasteiger partial charge in [0.2, 0.25) is 0 Å². The van der Waals surface area contributed by atoms with E-state index in [2.05, 4.69) is 48.5 Å². The van der Waals surface area contributed by atoms with Gasteiger partial charge < -0.3 is 5.73 Å². The fourth-order valence-electron chi connectivity index (χ4n) is 6.61. The summed E-state index contributed by atoms with van der Waals surface area (Å²) in [4.78, 5) is 20.7. The van der Waals surface area contributed by atoms with E-state index in [9.17, 15) is 10.1 Å². The SMILES string of the molecule is CN1C(=O)C2(N=C1N)c1cc(-c3cccc(C#N)c3)ccc1CCC21CCc2ccccc2CC1. The average molecular weight is 461 g/mol. The number of hydrogen-bond donors (Lipinski definition) is 1. The summed E-state index contributed by atoms with van der Waals surface area (Å²) in [5.41, 5.74) is 12.5. The summed E-state index contributed by atoms with van der Waals surface area (Å²) >= 11 is 0. The van der Waals surface area contributed by atoms with Gasteiger partial charge in [0.05, 0.1) is 11.6 Å². The molecule has 2 N–H and O–H groups in total. The number of hydrogen-bond acceptors (Lipinski definition) is 4.